The molecule has 7 atom stereocenters. The molecule has 2 heterocycles. The summed E-state index contributed by atoms with van der Waals surface area (Å²) >= 11 is 0. The van der Waals surface area contributed by atoms with Gasteiger partial charge in [-0.2, -0.15) is 0 Å². The molecule has 182 valence electrons. The number of amides is 1. The summed E-state index contributed by atoms with van der Waals surface area (Å²) in [6.45, 7) is 7.89. The number of Topliss-reactive ketones (excluding diaryl/α,β-unsaturated/α-hetero) is 1. The van der Waals surface area contributed by atoms with Gasteiger partial charge in [0, 0.05) is 6.42 Å². The molecule has 0 aromatic heterocycles. The number of aliphatic hydroxyl groups is 3. The molecule has 3 rings (SSSR count). The Labute approximate surface area is 194 Å². The standard InChI is InChI=1S/C25H35NO7/c1-14-6-9-18(28)10-8-15(2)12-21(26-23(31)17(4)27)25(5)22(30)16(3)20(33-24(25)32)13-19(29)11-7-14/h6-8,10-12,16-21,27-29H,9,13H2,1-5H3,(H,26,31)/b10-8-,11-7-,14-6-,15-12-/t16-,17+,18+,19-,20+,21-,25+/m1/s1. The molecule has 1 amide bonds. The minimum absolute atomic E-state index is 0.0439. The zero-order chi connectivity index (χ0) is 24.9. The lowest BCUT2D eigenvalue weighted by Gasteiger charge is -2.42. The van der Waals surface area contributed by atoms with Gasteiger partial charge in [-0.25, -0.2) is 0 Å². The Balaban J connectivity index is 2.56. The summed E-state index contributed by atoms with van der Waals surface area (Å²) in [7, 11) is 0. The van der Waals surface area contributed by atoms with Crippen molar-refractivity contribution in [3.8, 4) is 0 Å². The Morgan fingerprint density at radius 3 is 2.39 bits per heavy atom. The number of carbonyl (C=O) groups is 3. The number of ether oxygens (including phenoxy) is 1. The third-order valence-electron chi connectivity index (χ3n) is 6.21. The molecule has 1 saturated heterocycles. The molecule has 1 aliphatic carbocycles. The Morgan fingerprint density at radius 2 is 1.76 bits per heavy atom. The molecule has 8 heteroatoms. The largest absolute Gasteiger partial charge is 0.461 e. The Hall–Kier alpha value is -2.55. The molecule has 8 nitrogen and oxygen atoms in total. The monoisotopic (exact) mass is 461 g/mol. The smallest absolute Gasteiger partial charge is 0.322 e. The molecule has 1 fully saturated rings. The summed E-state index contributed by atoms with van der Waals surface area (Å²) in [5, 5.41) is 32.9. The van der Waals surface area contributed by atoms with Gasteiger partial charge < -0.3 is 25.4 Å². The van der Waals surface area contributed by atoms with Crippen LogP contribution >= 0.6 is 0 Å². The zero-order valence-corrected chi connectivity index (χ0v) is 19.8. The summed E-state index contributed by atoms with van der Waals surface area (Å²) in [5.41, 5.74) is -0.292. The van der Waals surface area contributed by atoms with Crippen LogP contribution in [0, 0.1) is 11.3 Å². The highest BCUT2D eigenvalue weighted by Gasteiger charge is 2.56. The van der Waals surface area contributed by atoms with Crippen molar-refractivity contribution in [3.63, 3.8) is 0 Å². The van der Waals surface area contributed by atoms with Crippen LogP contribution in [-0.4, -0.2) is 63.4 Å². The van der Waals surface area contributed by atoms with E-state index in [4.69, 9.17) is 4.74 Å². The normalized spacial score (nSPS) is 39.8. The average Bonchev–Trinajstić information content (AvgIpc) is 2.75. The lowest BCUT2D eigenvalue weighted by molar-refractivity contribution is -0.181. The number of rotatable bonds is 2. The number of esters is 1. The summed E-state index contributed by atoms with van der Waals surface area (Å²) in [4.78, 5) is 38.9. The Morgan fingerprint density at radius 1 is 1.15 bits per heavy atom. The first kappa shape index (κ1) is 26.7. The zero-order valence-electron chi connectivity index (χ0n) is 19.8. The van der Waals surface area contributed by atoms with Gasteiger partial charge in [0.15, 0.2) is 5.78 Å². The van der Waals surface area contributed by atoms with Crippen molar-refractivity contribution >= 4 is 17.7 Å². The predicted octanol–water partition coefficient (Wildman–Crippen LogP) is 1.51. The second-order valence-electron chi connectivity index (χ2n) is 9.14. The van der Waals surface area contributed by atoms with E-state index in [1.165, 1.54) is 13.8 Å². The van der Waals surface area contributed by atoms with Crippen molar-refractivity contribution < 1.29 is 34.4 Å². The summed E-state index contributed by atoms with van der Waals surface area (Å²) < 4.78 is 5.61. The van der Waals surface area contributed by atoms with Crippen molar-refractivity contribution in [3.05, 3.63) is 47.6 Å². The molecule has 33 heavy (non-hydrogen) atoms. The fourth-order valence-electron chi connectivity index (χ4n) is 3.88. The summed E-state index contributed by atoms with van der Waals surface area (Å²) in [6, 6.07) is -1.09. The first-order chi connectivity index (χ1) is 15.4. The van der Waals surface area contributed by atoms with Crippen molar-refractivity contribution in [2.24, 2.45) is 11.3 Å². The van der Waals surface area contributed by atoms with Crippen LogP contribution in [0.3, 0.4) is 0 Å². The highest BCUT2D eigenvalue weighted by atomic mass is 16.5. The van der Waals surface area contributed by atoms with Crippen molar-refractivity contribution in [1.82, 2.24) is 5.32 Å². The van der Waals surface area contributed by atoms with E-state index in [2.05, 4.69) is 5.32 Å². The van der Waals surface area contributed by atoms with Crippen LogP contribution in [0.1, 0.15) is 47.5 Å². The van der Waals surface area contributed by atoms with E-state index >= 15 is 0 Å². The second-order valence-corrected chi connectivity index (χ2v) is 9.14. The van der Waals surface area contributed by atoms with Crippen LogP contribution in [-0.2, 0) is 19.1 Å². The number of nitrogens with one attached hydrogen (secondary N) is 1. The highest BCUT2D eigenvalue weighted by molar-refractivity contribution is 6.08. The van der Waals surface area contributed by atoms with Crippen LogP contribution < -0.4 is 5.32 Å². The van der Waals surface area contributed by atoms with E-state index in [0.29, 0.717) is 12.0 Å². The summed E-state index contributed by atoms with van der Waals surface area (Å²) in [5.74, 6) is -2.70. The van der Waals surface area contributed by atoms with Gasteiger partial charge in [0.2, 0.25) is 5.91 Å². The van der Waals surface area contributed by atoms with Gasteiger partial charge in [-0.15, -0.1) is 0 Å². The average molecular weight is 462 g/mol. The number of hydrogen-bond acceptors (Lipinski definition) is 7. The lowest BCUT2D eigenvalue weighted by Crippen LogP contribution is -2.61. The van der Waals surface area contributed by atoms with E-state index in [-0.39, 0.29) is 6.42 Å². The summed E-state index contributed by atoms with van der Waals surface area (Å²) in [6.07, 6.45) is 6.38. The SMILES string of the molecule is CC1=C/C[C@H](O)/C=C\C(C)=C/[C@@H](NC(=O)[C@H](C)O)[C@]2(C)C(=O)O[C@@H](C[C@H](O)/C=C\1)[C@@H](C)C2=O. The van der Waals surface area contributed by atoms with Gasteiger partial charge in [-0.3, -0.25) is 14.4 Å². The quantitative estimate of drug-likeness (QED) is 0.362. The molecule has 0 radical (unpaired) electrons. The number of hydrogen-bond donors (Lipinski definition) is 4. The maximum Gasteiger partial charge on any atom is 0.322 e. The molecule has 0 aromatic rings. The molecule has 0 aromatic carbocycles. The van der Waals surface area contributed by atoms with Crippen molar-refractivity contribution in [2.45, 2.75) is 77.9 Å². The number of carbonyl (C=O) groups excluding carboxylic acids is 3. The molecule has 0 unspecified atom stereocenters. The fraction of sp³-hybridized carbons (Fsp3) is 0.560. The molecule has 2 aliphatic heterocycles. The van der Waals surface area contributed by atoms with E-state index in [1.807, 2.05) is 13.0 Å². The van der Waals surface area contributed by atoms with Crippen molar-refractivity contribution in [2.75, 3.05) is 0 Å². The van der Waals surface area contributed by atoms with Gasteiger partial charge in [-0.1, -0.05) is 54.5 Å². The van der Waals surface area contributed by atoms with Gasteiger partial charge in [0.25, 0.3) is 0 Å². The first-order valence-electron chi connectivity index (χ1n) is 11.2. The van der Waals surface area contributed by atoms with Gasteiger partial charge in [0.1, 0.15) is 17.6 Å². The van der Waals surface area contributed by atoms with Crippen LogP contribution in [0.2, 0.25) is 0 Å². The van der Waals surface area contributed by atoms with E-state index in [9.17, 15) is 29.7 Å². The fourth-order valence-corrected chi connectivity index (χ4v) is 3.88. The number of allylic oxidation sites excluding steroid dienone is 4. The lowest BCUT2D eigenvalue weighted by atomic mass is 9.69. The second kappa shape index (κ2) is 11.0. The highest BCUT2D eigenvalue weighted by Crippen LogP contribution is 2.38. The van der Waals surface area contributed by atoms with Crippen LogP contribution in [0.15, 0.2) is 47.6 Å². The van der Waals surface area contributed by atoms with Crippen molar-refractivity contribution in [1.29, 1.82) is 0 Å². The van der Waals surface area contributed by atoms with Crippen LogP contribution in [0.5, 0.6) is 0 Å². The first-order valence-corrected chi connectivity index (χ1v) is 11.2. The van der Waals surface area contributed by atoms with E-state index in [0.717, 1.165) is 5.57 Å². The molecule has 3 aliphatic rings. The minimum Gasteiger partial charge on any atom is -0.461 e. The topological polar surface area (TPSA) is 133 Å². The molecule has 2 bridgehead atoms. The van der Waals surface area contributed by atoms with E-state index in [1.54, 1.807) is 44.2 Å². The minimum atomic E-state index is -1.74. The third-order valence-corrected chi connectivity index (χ3v) is 6.21. The number of fused-ring (bicyclic) bond motifs is 10. The maximum atomic E-state index is 13.5. The predicted molar refractivity (Wildman–Crippen MR) is 123 cm³/mol. The van der Waals surface area contributed by atoms with Crippen LogP contribution in [0.25, 0.3) is 0 Å². The third kappa shape index (κ3) is 6.50. The molecule has 0 spiro atoms. The molecular weight excluding hydrogens is 426 g/mol. The number of ketones is 1. The van der Waals surface area contributed by atoms with Gasteiger partial charge in [0.05, 0.1) is 24.2 Å². The van der Waals surface area contributed by atoms with Crippen LogP contribution in [0.4, 0.5) is 0 Å². The maximum absolute atomic E-state index is 13.5. The molecule has 4 N–H and O–H groups in total. The van der Waals surface area contributed by atoms with Gasteiger partial charge in [-0.05, 0) is 34.1 Å². The Kier molecular flexibility index (Phi) is 8.94. The Bertz CT molecular complexity index is 885. The molecular formula is C25H35NO7. The number of aliphatic hydroxyl groups excluding tert-OH is 3. The molecule has 0 saturated carbocycles. The van der Waals surface area contributed by atoms with E-state index < -0.39 is 59.5 Å². The van der Waals surface area contributed by atoms with Gasteiger partial charge >= 0.3 is 5.97 Å².